The molecule has 23 heavy (non-hydrogen) atoms. The second kappa shape index (κ2) is 7.89. The highest BCUT2D eigenvalue weighted by molar-refractivity contribution is 6.07. The van der Waals surface area contributed by atoms with Gasteiger partial charge in [-0.15, -0.1) is 6.58 Å². The Bertz CT molecular complexity index is 698. The molecule has 0 unspecified atom stereocenters. The molecule has 2 aromatic rings. The van der Waals surface area contributed by atoms with Crippen LogP contribution in [0.2, 0.25) is 0 Å². The Kier molecular flexibility index (Phi) is 5.63. The van der Waals surface area contributed by atoms with E-state index in [1.807, 2.05) is 37.3 Å². The van der Waals surface area contributed by atoms with Crippen LogP contribution in [0.15, 0.2) is 61.4 Å². The molecule has 0 fully saturated rings. The van der Waals surface area contributed by atoms with Crippen LogP contribution in [0.25, 0.3) is 0 Å². The van der Waals surface area contributed by atoms with E-state index in [9.17, 15) is 9.59 Å². The van der Waals surface area contributed by atoms with E-state index in [4.69, 9.17) is 0 Å². The number of anilines is 1. The van der Waals surface area contributed by atoms with E-state index in [0.717, 1.165) is 5.69 Å². The van der Waals surface area contributed by atoms with Crippen molar-refractivity contribution < 1.29 is 9.59 Å². The molecule has 0 bridgehead atoms. The molecule has 1 aromatic carbocycles. The monoisotopic (exact) mass is 309 g/mol. The van der Waals surface area contributed by atoms with E-state index in [0.29, 0.717) is 24.2 Å². The van der Waals surface area contributed by atoms with Crippen LogP contribution in [0.1, 0.15) is 27.6 Å². The fourth-order valence-electron chi connectivity index (χ4n) is 2.16. The molecule has 0 saturated carbocycles. The summed E-state index contributed by atoms with van der Waals surface area (Å²) in [6.45, 7) is 6.34. The average Bonchev–Trinajstić information content (AvgIpc) is 2.61. The van der Waals surface area contributed by atoms with E-state index in [-0.39, 0.29) is 11.8 Å². The van der Waals surface area contributed by atoms with Crippen LogP contribution in [-0.2, 0) is 0 Å². The van der Waals surface area contributed by atoms with Gasteiger partial charge in [0, 0.05) is 31.2 Å². The molecular formula is C18H19N3O2. The summed E-state index contributed by atoms with van der Waals surface area (Å²) in [5, 5.41) is 2.67. The Morgan fingerprint density at radius 1 is 1.22 bits per heavy atom. The first-order valence-electron chi connectivity index (χ1n) is 7.38. The third-order valence-corrected chi connectivity index (χ3v) is 3.28. The van der Waals surface area contributed by atoms with Crippen LogP contribution in [0.5, 0.6) is 0 Å². The number of amides is 2. The standard InChI is InChI=1S/C18H19N3O2/c1-3-10-20-17(22)14-11-15(13-19-12-14)18(23)21(4-2)16-8-6-5-7-9-16/h3,5-9,11-13H,1,4,10H2,2H3,(H,20,22). The lowest BCUT2D eigenvalue weighted by Crippen LogP contribution is -2.31. The van der Waals surface area contributed by atoms with Gasteiger partial charge >= 0.3 is 0 Å². The Labute approximate surface area is 135 Å². The number of rotatable bonds is 6. The largest absolute Gasteiger partial charge is 0.349 e. The minimum atomic E-state index is -0.283. The summed E-state index contributed by atoms with van der Waals surface area (Å²) in [5.41, 5.74) is 1.53. The average molecular weight is 309 g/mol. The molecular weight excluding hydrogens is 290 g/mol. The summed E-state index contributed by atoms with van der Waals surface area (Å²) in [7, 11) is 0. The molecule has 0 saturated heterocycles. The number of pyridine rings is 1. The highest BCUT2D eigenvalue weighted by Gasteiger charge is 2.17. The number of hydrogen-bond acceptors (Lipinski definition) is 3. The molecule has 0 aliphatic rings. The molecule has 2 amide bonds. The van der Waals surface area contributed by atoms with E-state index in [1.54, 1.807) is 17.0 Å². The van der Waals surface area contributed by atoms with Gasteiger partial charge in [-0.1, -0.05) is 24.3 Å². The van der Waals surface area contributed by atoms with Gasteiger partial charge in [0.25, 0.3) is 11.8 Å². The fraction of sp³-hybridized carbons (Fsp3) is 0.167. The van der Waals surface area contributed by atoms with Crippen LogP contribution in [0, 0.1) is 0 Å². The number of nitrogens with one attached hydrogen (secondary N) is 1. The summed E-state index contributed by atoms with van der Waals surface area (Å²) in [6, 6.07) is 10.9. The quantitative estimate of drug-likeness (QED) is 0.834. The van der Waals surface area contributed by atoms with Crippen LogP contribution in [0.3, 0.4) is 0 Å². The second-order valence-corrected chi connectivity index (χ2v) is 4.85. The van der Waals surface area contributed by atoms with Crippen molar-refractivity contribution in [3.63, 3.8) is 0 Å². The summed E-state index contributed by atoms with van der Waals surface area (Å²) >= 11 is 0. The van der Waals surface area contributed by atoms with Crippen LogP contribution >= 0.6 is 0 Å². The maximum absolute atomic E-state index is 12.7. The highest BCUT2D eigenvalue weighted by Crippen LogP contribution is 2.16. The summed E-state index contributed by atoms with van der Waals surface area (Å²) in [6.07, 6.45) is 4.50. The van der Waals surface area contributed by atoms with Gasteiger partial charge in [-0.25, -0.2) is 0 Å². The molecule has 1 N–H and O–H groups in total. The Hall–Kier alpha value is -2.95. The minimum Gasteiger partial charge on any atom is -0.349 e. The molecule has 5 heteroatoms. The van der Waals surface area contributed by atoms with Gasteiger partial charge < -0.3 is 10.2 Å². The third-order valence-electron chi connectivity index (χ3n) is 3.28. The predicted octanol–water partition coefficient (Wildman–Crippen LogP) is 2.66. The normalized spacial score (nSPS) is 9.96. The first-order valence-corrected chi connectivity index (χ1v) is 7.38. The summed E-state index contributed by atoms with van der Waals surface area (Å²) < 4.78 is 0. The van der Waals surface area contributed by atoms with Crippen LogP contribution in [-0.4, -0.2) is 29.9 Å². The number of carbonyl (C=O) groups is 2. The van der Waals surface area contributed by atoms with Crippen molar-refractivity contribution in [1.29, 1.82) is 0 Å². The summed E-state index contributed by atoms with van der Waals surface area (Å²) in [5.74, 6) is -0.473. The van der Waals surface area contributed by atoms with Gasteiger partial charge in [-0.3, -0.25) is 14.6 Å². The maximum atomic E-state index is 12.7. The smallest absolute Gasteiger partial charge is 0.259 e. The zero-order valence-corrected chi connectivity index (χ0v) is 13.0. The number of aromatic nitrogens is 1. The molecule has 0 spiro atoms. The van der Waals surface area contributed by atoms with Gasteiger partial charge in [0.2, 0.25) is 0 Å². The third kappa shape index (κ3) is 4.03. The molecule has 2 rings (SSSR count). The maximum Gasteiger partial charge on any atom is 0.259 e. The molecule has 0 atom stereocenters. The van der Waals surface area contributed by atoms with Gasteiger partial charge in [-0.2, -0.15) is 0 Å². The first-order chi connectivity index (χ1) is 11.2. The lowest BCUT2D eigenvalue weighted by Gasteiger charge is -2.21. The Balaban J connectivity index is 2.25. The van der Waals surface area contributed by atoms with E-state index in [2.05, 4.69) is 16.9 Å². The Morgan fingerprint density at radius 3 is 2.57 bits per heavy atom. The molecule has 0 aliphatic heterocycles. The van der Waals surface area contributed by atoms with Gasteiger partial charge in [0.15, 0.2) is 0 Å². The number of hydrogen-bond donors (Lipinski definition) is 1. The SMILES string of the molecule is C=CCNC(=O)c1cncc(C(=O)N(CC)c2ccccc2)c1. The molecule has 5 nitrogen and oxygen atoms in total. The highest BCUT2D eigenvalue weighted by atomic mass is 16.2. The van der Waals surface area contributed by atoms with Crippen LogP contribution < -0.4 is 10.2 Å². The van der Waals surface area contributed by atoms with Crippen LogP contribution in [0.4, 0.5) is 5.69 Å². The minimum absolute atomic E-state index is 0.190. The van der Waals surface area contributed by atoms with Crippen molar-refractivity contribution in [1.82, 2.24) is 10.3 Å². The van der Waals surface area contributed by atoms with E-state index in [1.165, 1.54) is 12.4 Å². The molecule has 1 heterocycles. The van der Waals surface area contributed by atoms with Crippen molar-refractivity contribution in [2.45, 2.75) is 6.92 Å². The molecule has 118 valence electrons. The van der Waals surface area contributed by atoms with Crippen molar-refractivity contribution in [2.24, 2.45) is 0 Å². The number of carbonyl (C=O) groups excluding carboxylic acids is 2. The zero-order valence-electron chi connectivity index (χ0n) is 13.0. The lowest BCUT2D eigenvalue weighted by atomic mass is 10.1. The fourth-order valence-corrected chi connectivity index (χ4v) is 2.16. The predicted molar refractivity (Wildman–Crippen MR) is 90.6 cm³/mol. The summed E-state index contributed by atoms with van der Waals surface area (Å²) in [4.78, 5) is 30.3. The van der Waals surface area contributed by atoms with E-state index < -0.39 is 0 Å². The number of nitrogens with zero attached hydrogens (tertiary/aromatic N) is 2. The zero-order chi connectivity index (χ0) is 16.7. The topological polar surface area (TPSA) is 62.3 Å². The van der Waals surface area contributed by atoms with Gasteiger partial charge in [0.1, 0.15) is 0 Å². The Morgan fingerprint density at radius 2 is 1.91 bits per heavy atom. The first kappa shape index (κ1) is 16.4. The lowest BCUT2D eigenvalue weighted by molar-refractivity contribution is 0.0957. The van der Waals surface area contributed by atoms with Crippen molar-refractivity contribution in [2.75, 3.05) is 18.0 Å². The van der Waals surface area contributed by atoms with Crippen molar-refractivity contribution >= 4 is 17.5 Å². The number of para-hydroxylation sites is 1. The van der Waals surface area contributed by atoms with Gasteiger partial charge in [-0.05, 0) is 25.1 Å². The van der Waals surface area contributed by atoms with Gasteiger partial charge in [0.05, 0.1) is 11.1 Å². The van der Waals surface area contributed by atoms with E-state index >= 15 is 0 Å². The molecule has 0 aliphatic carbocycles. The second-order valence-electron chi connectivity index (χ2n) is 4.85. The molecule has 0 radical (unpaired) electrons. The molecule has 1 aromatic heterocycles. The van der Waals surface area contributed by atoms with Crippen molar-refractivity contribution in [3.8, 4) is 0 Å². The number of benzene rings is 1. The van der Waals surface area contributed by atoms with Crippen molar-refractivity contribution in [3.05, 3.63) is 72.6 Å².